The van der Waals surface area contributed by atoms with Gasteiger partial charge in [0.25, 0.3) is 0 Å². The van der Waals surface area contributed by atoms with E-state index in [0.29, 0.717) is 11.8 Å². The third kappa shape index (κ3) is 4.87. The first-order valence-electron chi connectivity index (χ1n) is 10.2. The highest BCUT2D eigenvalue weighted by Crippen LogP contribution is 2.45. The van der Waals surface area contributed by atoms with Crippen molar-refractivity contribution in [2.45, 2.75) is 46.1 Å². The van der Waals surface area contributed by atoms with Crippen molar-refractivity contribution in [1.82, 2.24) is 24.9 Å². The van der Waals surface area contributed by atoms with Crippen molar-refractivity contribution >= 4 is 43.1 Å². The van der Waals surface area contributed by atoms with E-state index in [1.165, 1.54) is 30.5 Å². The van der Waals surface area contributed by atoms with Crippen LogP contribution < -0.4 is 5.32 Å². The van der Waals surface area contributed by atoms with Crippen LogP contribution in [-0.4, -0.2) is 64.8 Å². The Kier molecular flexibility index (Phi) is 9.75. The fourth-order valence-corrected chi connectivity index (χ4v) is 5.36. The van der Waals surface area contributed by atoms with Crippen LogP contribution in [0.2, 0.25) is 0 Å². The molecule has 1 aromatic heterocycles. The van der Waals surface area contributed by atoms with E-state index in [1.807, 2.05) is 11.7 Å². The molecule has 1 aliphatic carbocycles. The number of halogens is 3. The lowest BCUT2D eigenvalue weighted by Crippen LogP contribution is -2.55. The predicted molar refractivity (Wildman–Crippen MR) is 124 cm³/mol. The van der Waals surface area contributed by atoms with Crippen molar-refractivity contribution in [1.29, 1.82) is 0 Å². The summed E-state index contributed by atoms with van der Waals surface area (Å²) >= 11 is 0. The van der Waals surface area contributed by atoms with Gasteiger partial charge >= 0.3 is 0 Å². The number of nitrogens with zero attached hydrogens (tertiary/aromatic N) is 4. The minimum atomic E-state index is -0.100. The number of piperazine rings is 1. The number of hydrogen-bond acceptors (Lipinski definition) is 4. The van der Waals surface area contributed by atoms with Crippen LogP contribution in [0.4, 0.5) is 0 Å². The Hall–Kier alpha value is -0.530. The average molecular weight is 469 g/mol. The zero-order chi connectivity index (χ0) is 18.3. The molecule has 0 radical (unpaired) electrons. The topological polar surface area (TPSA) is 53.4 Å². The van der Waals surface area contributed by atoms with Gasteiger partial charge in [0.05, 0.1) is 11.1 Å². The van der Waals surface area contributed by atoms with Gasteiger partial charge in [-0.2, -0.15) is 5.10 Å². The van der Waals surface area contributed by atoms with E-state index >= 15 is 0 Å². The summed E-state index contributed by atoms with van der Waals surface area (Å²) in [6.45, 7) is 10.8. The van der Waals surface area contributed by atoms with Gasteiger partial charge in [0, 0.05) is 57.6 Å². The number of aromatic nitrogens is 2. The first-order valence-corrected chi connectivity index (χ1v) is 10.2. The Morgan fingerprint density at radius 1 is 1.14 bits per heavy atom. The molecule has 1 N–H and O–H groups in total. The third-order valence-electron chi connectivity index (χ3n) is 7.16. The lowest BCUT2D eigenvalue weighted by Gasteiger charge is -2.43. The van der Waals surface area contributed by atoms with E-state index in [2.05, 4.69) is 34.1 Å². The van der Waals surface area contributed by atoms with E-state index in [-0.39, 0.29) is 42.6 Å². The largest absolute Gasteiger partial charge is 0.340 e. The number of nitrogens with one attached hydrogen (secondary N) is 1. The zero-order valence-corrected chi connectivity index (χ0v) is 20.2. The van der Waals surface area contributed by atoms with E-state index in [4.69, 9.17) is 0 Å². The van der Waals surface area contributed by atoms with E-state index in [0.717, 1.165) is 57.9 Å². The van der Waals surface area contributed by atoms with Crippen molar-refractivity contribution in [2.24, 2.45) is 18.4 Å². The zero-order valence-electron chi connectivity index (χ0n) is 17.8. The second-order valence-electron chi connectivity index (χ2n) is 8.57. The number of amides is 1. The normalized spacial score (nSPS) is 26.7. The highest BCUT2D eigenvalue weighted by molar-refractivity contribution is 5.86. The van der Waals surface area contributed by atoms with Gasteiger partial charge in [-0.25, -0.2) is 0 Å². The second kappa shape index (κ2) is 10.7. The quantitative estimate of drug-likeness (QED) is 0.741. The van der Waals surface area contributed by atoms with Crippen molar-refractivity contribution in [3.63, 3.8) is 0 Å². The van der Waals surface area contributed by atoms with Gasteiger partial charge in [-0.1, -0.05) is 12.8 Å². The molecule has 3 fully saturated rings. The summed E-state index contributed by atoms with van der Waals surface area (Å²) in [5, 5.41) is 8.05. The van der Waals surface area contributed by atoms with Crippen LogP contribution in [0.25, 0.3) is 0 Å². The molecule has 2 saturated heterocycles. The minimum Gasteiger partial charge on any atom is -0.340 e. The van der Waals surface area contributed by atoms with Gasteiger partial charge in [0.1, 0.15) is 0 Å². The maximum Gasteiger partial charge on any atom is 0.230 e. The highest BCUT2D eigenvalue weighted by atomic mass is 35.5. The molecular formula is C20H36Cl3N5O. The average Bonchev–Trinajstić information content (AvgIpc) is 3.19. The monoisotopic (exact) mass is 467 g/mol. The van der Waals surface area contributed by atoms with E-state index < -0.39 is 0 Å². The molecule has 0 unspecified atom stereocenters. The Morgan fingerprint density at radius 3 is 2.45 bits per heavy atom. The second-order valence-corrected chi connectivity index (χ2v) is 8.57. The van der Waals surface area contributed by atoms with Crippen molar-refractivity contribution in [2.75, 3.05) is 39.3 Å². The number of carbonyl (C=O) groups is 1. The summed E-state index contributed by atoms with van der Waals surface area (Å²) in [5.41, 5.74) is 3.63. The molecule has 3 aliphatic rings. The van der Waals surface area contributed by atoms with Gasteiger partial charge in [-0.3, -0.25) is 14.4 Å². The third-order valence-corrected chi connectivity index (χ3v) is 7.16. The summed E-state index contributed by atoms with van der Waals surface area (Å²) < 4.78 is 1.97. The van der Waals surface area contributed by atoms with Crippen LogP contribution in [-0.2, 0) is 18.4 Å². The lowest BCUT2D eigenvalue weighted by atomic mass is 9.67. The molecule has 2 atom stereocenters. The molecule has 2 aliphatic heterocycles. The SMILES string of the molecule is Cc1nn(C)c(C)c1CN1CCN(C(=O)[C@@]23CCCC[C@H]2CNC3)CC1.Cl.Cl.Cl. The lowest BCUT2D eigenvalue weighted by molar-refractivity contribution is -0.147. The molecule has 168 valence electrons. The Labute approximate surface area is 193 Å². The van der Waals surface area contributed by atoms with Gasteiger partial charge in [-0.05, 0) is 39.2 Å². The molecule has 4 rings (SSSR count). The molecule has 1 aromatic rings. The first-order chi connectivity index (χ1) is 12.5. The first kappa shape index (κ1) is 26.5. The number of aryl methyl sites for hydroxylation is 2. The molecular weight excluding hydrogens is 433 g/mol. The molecule has 1 saturated carbocycles. The number of carbonyl (C=O) groups excluding carboxylic acids is 1. The van der Waals surface area contributed by atoms with E-state index in [1.54, 1.807) is 0 Å². The summed E-state index contributed by atoms with van der Waals surface area (Å²) in [5.74, 6) is 0.989. The van der Waals surface area contributed by atoms with Gasteiger partial charge in [0.2, 0.25) is 5.91 Å². The smallest absolute Gasteiger partial charge is 0.230 e. The molecule has 6 nitrogen and oxygen atoms in total. The molecule has 0 spiro atoms. The molecule has 0 bridgehead atoms. The fourth-order valence-electron chi connectivity index (χ4n) is 5.36. The Morgan fingerprint density at radius 2 is 1.83 bits per heavy atom. The van der Waals surface area contributed by atoms with Gasteiger partial charge < -0.3 is 10.2 Å². The standard InChI is InChI=1S/C20H33N5O.3ClH/c1-15-18(16(2)23(3)22-15)13-24-8-10-25(11-9-24)19(26)20-7-5-4-6-17(20)12-21-14-20;;;/h17,21H,4-14H2,1-3H3;3*1H/t17-,20+;;;/m0.../s1. The summed E-state index contributed by atoms with van der Waals surface area (Å²) in [6.07, 6.45) is 4.80. The maximum atomic E-state index is 13.4. The summed E-state index contributed by atoms with van der Waals surface area (Å²) in [6, 6.07) is 0. The minimum absolute atomic E-state index is 0. The van der Waals surface area contributed by atoms with Crippen LogP contribution in [0, 0.1) is 25.2 Å². The predicted octanol–water partition coefficient (Wildman–Crippen LogP) is 2.73. The molecule has 9 heteroatoms. The fraction of sp³-hybridized carbons (Fsp3) is 0.800. The van der Waals surface area contributed by atoms with Crippen LogP contribution in [0.1, 0.15) is 42.6 Å². The van der Waals surface area contributed by atoms with Crippen molar-refractivity contribution in [3.8, 4) is 0 Å². The molecule has 0 aromatic carbocycles. The van der Waals surface area contributed by atoms with Crippen molar-refractivity contribution in [3.05, 3.63) is 17.0 Å². The number of fused-ring (bicyclic) bond motifs is 1. The van der Waals surface area contributed by atoms with Crippen LogP contribution >= 0.6 is 37.2 Å². The highest BCUT2D eigenvalue weighted by Gasteiger charge is 2.51. The summed E-state index contributed by atoms with van der Waals surface area (Å²) in [7, 11) is 2.01. The number of hydrogen-bond donors (Lipinski definition) is 1. The van der Waals surface area contributed by atoms with Crippen LogP contribution in [0.5, 0.6) is 0 Å². The molecule has 29 heavy (non-hydrogen) atoms. The van der Waals surface area contributed by atoms with E-state index in [9.17, 15) is 4.79 Å². The van der Waals surface area contributed by atoms with Gasteiger partial charge in [-0.15, -0.1) is 37.2 Å². The van der Waals surface area contributed by atoms with Gasteiger partial charge in [0.15, 0.2) is 0 Å². The van der Waals surface area contributed by atoms with Crippen LogP contribution in [0.3, 0.4) is 0 Å². The molecule has 1 amide bonds. The van der Waals surface area contributed by atoms with Crippen LogP contribution in [0.15, 0.2) is 0 Å². The molecule has 3 heterocycles. The Balaban J connectivity index is 0.00000140. The Bertz CT molecular complexity index is 690. The maximum absolute atomic E-state index is 13.4. The van der Waals surface area contributed by atoms with Crippen molar-refractivity contribution < 1.29 is 4.79 Å². The number of rotatable bonds is 3. The summed E-state index contributed by atoms with van der Waals surface area (Å²) in [4.78, 5) is 18.0.